The fourth-order valence-electron chi connectivity index (χ4n) is 3.53. The van der Waals surface area contributed by atoms with E-state index < -0.39 is 0 Å². The SMILES string of the molecule is CCCCCCCCCCCCC(CCCC)CCCCC. The second-order valence-corrected chi connectivity index (χ2v) is 7.47. The van der Waals surface area contributed by atoms with Gasteiger partial charge in [0.05, 0.1) is 0 Å². The Hall–Kier alpha value is 0. The van der Waals surface area contributed by atoms with Gasteiger partial charge in [-0.2, -0.15) is 0 Å². The molecule has 0 fully saturated rings. The number of unbranched alkanes of at least 4 members (excludes halogenated alkanes) is 12. The van der Waals surface area contributed by atoms with Crippen molar-refractivity contribution in [3.63, 3.8) is 0 Å². The van der Waals surface area contributed by atoms with Gasteiger partial charge in [-0.3, -0.25) is 0 Å². The minimum absolute atomic E-state index is 1.04. The highest BCUT2D eigenvalue weighted by Crippen LogP contribution is 2.23. The fourth-order valence-corrected chi connectivity index (χ4v) is 3.53. The van der Waals surface area contributed by atoms with Gasteiger partial charge in [-0.15, -0.1) is 0 Å². The van der Waals surface area contributed by atoms with Crippen LogP contribution in [0.3, 0.4) is 0 Å². The van der Waals surface area contributed by atoms with Crippen molar-refractivity contribution in [1.29, 1.82) is 0 Å². The summed E-state index contributed by atoms with van der Waals surface area (Å²) >= 11 is 0. The Kier molecular flexibility index (Phi) is 19.0. The Morgan fingerprint density at radius 1 is 0.364 bits per heavy atom. The number of hydrogen-bond donors (Lipinski definition) is 0. The molecule has 0 aliphatic carbocycles. The maximum atomic E-state index is 2.34. The minimum Gasteiger partial charge on any atom is -0.0654 e. The summed E-state index contributed by atoms with van der Waals surface area (Å²) in [6.45, 7) is 6.96. The van der Waals surface area contributed by atoms with E-state index in [4.69, 9.17) is 0 Å². The van der Waals surface area contributed by atoms with Crippen molar-refractivity contribution in [2.75, 3.05) is 0 Å². The van der Waals surface area contributed by atoms with E-state index in [2.05, 4.69) is 20.8 Å². The molecule has 1 atom stereocenters. The van der Waals surface area contributed by atoms with Crippen LogP contribution in [0.2, 0.25) is 0 Å². The Balaban J connectivity index is 3.41. The Morgan fingerprint density at radius 2 is 0.682 bits per heavy atom. The predicted octanol–water partition coefficient (Wildman–Crippen LogP) is 8.68. The van der Waals surface area contributed by atoms with Crippen molar-refractivity contribution in [1.82, 2.24) is 0 Å². The van der Waals surface area contributed by atoms with Crippen LogP contribution in [0.15, 0.2) is 0 Å². The molecule has 0 spiro atoms. The fraction of sp³-hybridized carbons (Fsp3) is 1.00. The van der Waals surface area contributed by atoms with Crippen LogP contribution in [0, 0.1) is 5.92 Å². The largest absolute Gasteiger partial charge is 0.0654 e. The topological polar surface area (TPSA) is 0 Å². The van der Waals surface area contributed by atoms with Gasteiger partial charge in [0.2, 0.25) is 0 Å². The van der Waals surface area contributed by atoms with Crippen LogP contribution >= 0.6 is 0 Å². The van der Waals surface area contributed by atoms with Crippen LogP contribution < -0.4 is 0 Å². The van der Waals surface area contributed by atoms with Crippen LogP contribution in [0.1, 0.15) is 136 Å². The van der Waals surface area contributed by atoms with Crippen LogP contribution in [0.25, 0.3) is 0 Å². The molecule has 0 aromatic carbocycles. The molecule has 0 bridgehead atoms. The lowest BCUT2D eigenvalue weighted by molar-refractivity contribution is 0.373. The molecule has 0 aliphatic heterocycles. The van der Waals surface area contributed by atoms with Crippen molar-refractivity contribution >= 4 is 0 Å². The van der Waals surface area contributed by atoms with Gasteiger partial charge in [0.1, 0.15) is 0 Å². The van der Waals surface area contributed by atoms with Gasteiger partial charge in [0, 0.05) is 0 Å². The van der Waals surface area contributed by atoms with E-state index in [0.717, 1.165) is 5.92 Å². The minimum atomic E-state index is 1.04. The molecule has 22 heavy (non-hydrogen) atoms. The van der Waals surface area contributed by atoms with Gasteiger partial charge in [-0.25, -0.2) is 0 Å². The molecule has 0 aromatic rings. The molecule has 134 valence electrons. The lowest BCUT2D eigenvalue weighted by Gasteiger charge is -2.16. The zero-order chi connectivity index (χ0) is 16.3. The van der Waals surface area contributed by atoms with Crippen molar-refractivity contribution < 1.29 is 0 Å². The molecule has 0 nitrogen and oxygen atoms in total. The molecule has 0 aliphatic rings. The van der Waals surface area contributed by atoms with Crippen molar-refractivity contribution in [2.45, 2.75) is 136 Å². The maximum absolute atomic E-state index is 2.34. The van der Waals surface area contributed by atoms with Crippen LogP contribution in [0.5, 0.6) is 0 Å². The second-order valence-electron chi connectivity index (χ2n) is 7.47. The lowest BCUT2D eigenvalue weighted by atomic mass is 9.90. The molecule has 0 N–H and O–H groups in total. The summed E-state index contributed by atoms with van der Waals surface area (Å²) in [5, 5.41) is 0. The molecular weight excluding hydrogens is 264 g/mol. The Bertz CT molecular complexity index is 184. The third kappa shape index (κ3) is 16.4. The molecule has 0 heteroatoms. The first kappa shape index (κ1) is 22.0. The first-order chi connectivity index (χ1) is 10.8. The molecule has 0 rings (SSSR count). The zero-order valence-electron chi connectivity index (χ0n) is 16.3. The molecule has 0 saturated heterocycles. The lowest BCUT2D eigenvalue weighted by Crippen LogP contribution is -2.01. The molecule has 0 radical (unpaired) electrons. The van der Waals surface area contributed by atoms with E-state index in [9.17, 15) is 0 Å². The van der Waals surface area contributed by atoms with E-state index in [1.165, 1.54) is 116 Å². The van der Waals surface area contributed by atoms with Crippen molar-refractivity contribution in [3.8, 4) is 0 Å². The summed E-state index contributed by atoms with van der Waals surface area (Å²) in [5.74, 6) is 1.04. The monoisotopic (exact) mass is 310 g/mol. The molecule has 1 unspecified atom stereocenters. The third-order valence-electron chi connectivity index (χ3n) is 5.15. The van der Waals surface area contributed by atoms with E-state index in [1.54, 1.807) is 0 Å². The summed E-state index contributed by atoms with van der Waals surface area (Å²) in [4.78, 5) is 0. The van der Waals surface area contributed by atoms with Crippen molar-refractivity contribution in [2.24, 2.45) is 5.92 Å². The molecular formula is C22H46. The molecule has 0 amide bonds. The first-order valence-electron chi connectivity index (χ1n) is 10.8. The average molecular weight is 311 g/mol. The maximum Gasteiger partial charge on any atom is -0.0414 e. The van der Waals surface area contributed by atoms with E-state index in [-0.39, 0.29) is 0 Å². The van der Waals surface area contributed by atoms with E-state index >= 15 is 0 Å². The Labute approximate surface area is 142 Å². The quantitative estimate of drug-likeness (QED) is 0.222. The highest BCUT2D eigenvalue weighted by atomic mass is 14.1. The highest BCUT2D eigenvalue weighted by molar-refractivity contribution is 4.61. The predicted molar refractivity (Wildman–Crippen MR) is 104 cm³/mol. The van der Waals surface area contributed by atoms with Crippen LogP contribution in [0.4, 0.5) is 0 Å². The smallest absolute Gasteiger partial charge is 0.0414 e. The van der Waals surface area contributed by atoms with Crippen LogP contribution in [-0.4, -0.2) is 0 Å². The van der Waals surface area contributed by atoms with Gasteiger partial charge in [0.15, 0.2) is 0 Å². The van der Waals surface area contributed by atoms with Gasteiger partial charge >= 0.3 is 0 Å². The summed E-state index contributed by atoms with van der Waals surface area (Å²) in [5.41, 5.74) is 0. The second kappa shape index (κ2) is 19.0. The summed E-state index contributed by atoms with van der Waals surface area (Å²) < 4.78 is 0. The number of hydrogen-bond acceptors (Lipinski definition) is 0. The summed E-state index contributed by atoms with van der Waals surface area (Å²) in [6.07, 6.45) is 26.3. The molecule has 0 saturated carbocycles. The van der Waals surface area contributed by atoms with Gasteiger partial charge in [0.25, 0.3) is 0 Å². The standard InChI is InChI=1S/C22H46/c1-4-7-10-11-12-13-14-15-16-18-21-22(19-9-6-3)20-17-8-5-2/h22H,4-21H2,1-3H3. The Morgan fingerprint density at radius 3 is 1.18 bits per heavy atom. The van der Waals surface area contributed by atoms with Gasteiger partial charge in [-0.1, -0.05) is 136 Å². The average Bonchev–Trinajstić information content (AvgIpc) is 2.53. The van der Waals surface area contributed by atoms with Crippen molar-refractivity contribution in [3.05, 3.63) is 0 Å². The third-order valence-corrected chi connectivity index (χ3v) is 5.15. The normalized spacial score (nSPS) is 12.7. The zero-order valence-corrected chi connectivity index (χ0v) is 16.3. The molecule has 0 heterocycles. The van der Waals surface area contributed by atoms with E-state index in [1.807, 2.05) is 0 Å². The number of rotatable bonds is 18. The van der Waals surface area contributed by atoms with Gasteiger partial charge in [-0.05, 0) is 5.92 Å². The summed E-state index contributed by atoms with van der Waals surface area (Å²) in [6, 6.07) is 0. The van der Waals surface area contributed by atoms with Gasteiger partial charge < -0.3 is 0 Å². The summed E-state index contributed by atoms with van der Waals surface area (Å²) in [7, 11) is 0. The first-order valence-corrected chi connectivity index (χ1v) is 10.8. The van der Waals surface area contributed by atoms with E-state index in [0.29, 0.717) is 0 Å². The highest BCUT2D eigenvalue weighted by Gasteiger charge is 2.07. The van der Waals surface area contributed by atoms with Crippen LogP contribution in [-0.2, 0) is 0 Å². The molecule has 0 aromatic heterocycles.